The molecule has 8 heteroatoms. The number of thiazole rings is 1. The van der Waals surface area contributed by atoms with Crippen molar-refractivity contribution in [3.8, 4) is 0 Å². The smallest absolute Gasteiger partial charge is 0.325 e. The van der Waals surface area contributed by atoms with Crippen LogP contribution in [0.3, 0.4) is 0 Å². The van der Waals surface area contributed by atoms with E-state index in [1.807, 2.05) is 25.1 Å². The van der Waals surface area contributed by atoms with Crippen molar-refractivity contribution in [2.45, 2.75) is 24.8 Å². The molecule has 1 heterocycles. The van der Waals surface area contributed by atoms with E-state index >= 15 is 0 Å². The second kappa shape index (κ2) is 7.43. The molecular weight excluding hydrogens is 372 g/mol. The van der Waals surface area contributed by atoms with Crippen molar-refractivity contribution >= 4 is 37.5 Å². The molecule has 0 aliphatic rings. The molecule has 0 radical (unpaired) electrons. The maximum atomic E-state index is 12.6. The molecule has 0 bridgehead atoms. The number of hydrogen-bond acceptors (Lipinski definition) is 5. The molecule has 6 nitrogen and oxygen atoms in total. The molecule has 0 unspecified atom stereocenters. The molecule has 0 N–H and O–H groups in total. The number of nitrogens with zero attached hydrogens (tertiary/aromatic N) is 2. The Labute approximate surface area is 155 Å². The number of benzene rings is 2. The largest absolute Gasteiger partial charge is 0.468 e. The zero-order valence-electron chi connectivity index (χ0n) is 14.4. The number of fused-ring (bicyclic) bond motifs is 1. The van der Waals surface area contributed by atoms with Gasteiger partial charge in [0.05, 0.1) is 22.2 Å². The molecule has 0 aliphatic carbocycles. The summed E-state index contributed by atoms with van der Waals surface area (Å²) >= 11 is 1.24. The van der Waals surface area contributed by atoms with Gasteiger partial charge >= 0.3 is 5.97 Å². The van der Waals surface area contributed by atoms with E-state index in [4.69, 9.17) is 4.74 Å². The van der Waals surface area contributed by atoms with Gasteiger partial charge in [-0.25, -0.2) is 0 Å². The van der Waals surface area contributed by atoms with Crippen LogP contribution in [0, 0.1) is 0 Å². The van der Waals surface area contributed by atoms with E-state index in [-0.39, 0.29) is 16.2 Å². The first-order valence-corrected chi connectivity index (χ1v) is 10.3. The summed E-state index contributed by atoms with van der Waals surface area (Å²) in [5, 5.41) is 0. The molecule has 0 saturated heterocycles. The summed E-state index contributed by atoms with van der Waals surface area (Å²) in [5.41, 5.74) is 1.88. The minimum absolute atomic E-state index is 0.106. The first kappa shape index (κ1) is 18.3. The lowest BCUT2D eigenvalue weighted by molar-refractivity contribution is -0.141. The van der Waals surface area contributed by atoms with Crippen molar-refractivity contribution in [2.24, 2.45) is 4.40 Å². The van der Waals surface area contributed by atoms with Crippen LogP contribution in [0.4, 0.5) is 0 Å². The van der Waals surface area contributed by atoms with Crippen molar-refractivity contribution < 1.29 is 17.9 Å². The highest BCUT2D eigenvalue weighted by molar-refractivity contribution is 7.90. The van der Waals surface area contributed by atoms with Crippen LogP contribution in [0.25, 0.3) is 10.2 Å². The van der Waals surface area contributed by atoms with Crippen LogP contribution < -0.4 is 4.80 Å². The third kappa shape index (κ3) is 3.71. The van der Waals surface area contributed by atoms with Gasteiger partial charge in [-0.3, -0.25) is 4.79 Å². The highest BCUT2D eigenvalue weighted by Crippen LogP contribution is 2.20. The fraction of sp³-hybridized carbons (Fsp3) is 0.222. The number of methoxy groups -OCH3 is 1. The minimum Gasteiger partial charge on any atom is -0.468 e. The second-order valence-electron chi connectivity index (χ2n) is 5.58. The average molecular weight is 390 g/mol. The van der Waals surface area contributed by atoms with Gasteiger partial charge in [-0.2, -0.15) is 8.42 Å². The molecule has 3 aromatic rings. The Bertz CT molecular complexity index is 1110. The lowest BCUT2D eigenvalue weighted by Crippen LogP contribution is -2.22. The van der Waals surface area contributed by atoms with Gasteiger partial charge in [0, 0.05) is 0 Å². The first-order chi connectivity index (χ1) is 12.4. The Balaban J connectivity index is 2.23. The van der Waals surface area contributed by atoms with Crippen LogP contribution in [-0.2, 0) is 32.5 Å². The topological polar surface area (TPSA) is 77.7 Å². The number of carbonyl (C=O) groups excluding carboxylic acids is 1. The molecule has 1 aromatic heterocycles. The van der Waals surface area contributed by atoms with Gasteiger partial charge in [0.1, 0.15) is 6.54 Å². The Kier molecular flexibility index (Phi) is 5.24. The third-order valence-electron chi connectivity index (χ3n) is 3.91. The summed E-state index contributed by atoms with van der Waals surface area (Å²) in [4.78, 5) is 12.2. The summed E-state index contributed by atoms with van der Waals surface area (Å²) in [5.74, 6) is -0.470. The molecule has 0 spiro atoms. The maximum absolute atomic E-state index is 12.6. The lowest BCUT2D eigenvalue weighted by Gasteiger charge is -2.04. The van der Waals surface area contributed by atoms with Gasteiger partial charge in [0.15, 0.2) is 0 Å². The van der Waals surface area contributed by atoms with Crippen LogP contribution >= 0.6 is 11.3 Å². The second-order valence-corrected chi connectivity index (χ2v) is 8.20. The monoisotopic (exact) mass is 390 g/mol. The fourth-order valence-electron chi connectivity index (χ4n) is 2.50. The van der Waals surface area contributed by atoms with E-state index in [1.54, 1.807) is 22.8 Å². The molecule has 3 rings (SSSR count). The number of sulfonamides is 1. The predicted molar refractivity (Wildman–Crippen MR) is 100 cm³/mol. The van der Waals surface area contributed by atoms with E-state index in [1.165, 1.54) is 30.6 Å². The summed E-state index contributed by atoms with van der Waals surface area (Å²) in [6.07, 6.45) is 0.861. The molecule has 2 aromatic carbocycles. The summed E-state index contributed by atoms with van der Waals surface area (Å²) in [6, 6.07) is 13.8. The molecule has 0 amide bonds. The van der Waals surface area contributed by atoms with E-state index in [9.17, 15) is 13.2 Å². The lowest BCUT2D eigenvalue weighted by atomic mass is 10.2. The van der Waals surface area contributed by atoms with E-state index in [2.05, 4.69) is 4.40 Å². The molecular formula is C18H18N2O4S2. The van der Waals surface area contributed by atoms with Crippen molar-refractivity contribution in [1.29, 1.82) is 0 Å². The van der Waals surface area contributed by atoms with Gasteiger partial charge in [0.25, 0.3) is 10.0 Å². The van der Waals surface area contributed by atoms with Gasteiger partial charge in [0.2, 0.25) is 4.80 Å². The highest BCUT2D eigenvalue weighted by Gasteiger charge is 2.16. The standard InChI is InChI=1S/C18H18N2O4S2/c1-3-13-9-10-15-16(11-13)25-18(20(15)12-17(21)24-2)19-26(22,23)14-7-5-4-6-8-14/h4-11H,3,12H2,1-2H3. The Morgan fingerprint density at radius 3 is 2.58 bits per heavy atom. The number of rotatable bonds is 5. The molecule has 0 aliphatic heterocycles. The van der Waals surface area contributed by atoms with Crippen molar-refractivity contribution in [1.82, 2.24) is 4.57 Å². The highest BCUT2D eigenvalue weighted by atomic mass is 32.2. The SMILES string of the molecule is CCc1ccc2c(c1)sc(=NS(=O)(=O)c1ccccc1)n2CC(=O)OC. The number of aryl methyl sites for hydroxylation is 1. The van der Waals surface area contributed by atoms with Crippen LogP contribution in [0.1, 0.15) is 12.5 Å². The van der Waals surface area contributed by atoms with Crippen LogP contribution in [0.2, 0.25) is 0 Å². The van der Waals surface area contributed by atoms with Crippen LogP contribution in [-0.4, -0.2) is 26.1 Å². The van der Waals surface area contributed by atoms with Crippen molar-refractivity contribution in [3.05, 3.63) is 58.9 Å². The van der Waals surface area contributed by atoms with E-state index in [0.717, 1.165) is 22.2 Å². The molecule has 136 valence electrons. The summed E-state index contributed by atoms with van der Waals surface area (Å²) in [6.45, 7) is 1.94. The number of carbonyl (C=O) groups is 1. The van der Waals surface area contributed by atoms with Gasteiger partial charge < -0.3 is 9.30 Å². The minimum atomic E-state index is -3.88. The fourth-order valence-corrected chi connectivity index (χ4v) is 4.82. The van der Waals surface area contributed by atoms with Crippen LogP contribution in [0.5, 0.6) is 0 Å². The average Bonchev–Trinajstić information content (AvgIpc) is 2.97. The molecule has 0 fully saturated rings. The normalized spacial score (nSPS) is 12.5. The molecule has 0 saturated carbocycles. The summed E-state index contributed by atoms with van der Waals surface area (Å²) < 4.78 is 36.4. The first-order valence-electron chi connectivity index (χ1n) is 7.99. The number of aromatic nitrogens is 1. The zero-order chi connectivity index (χ0) is 18.7. The van der Waals surface area contributed by atoms with E-state index in [0.29, 0.717) is 0 Å². The van der Waals surface area contributed by atoms with E-state index < -0.39 is 16.0 Å². The van der Waals surface area contributed by atoms with Gasteiger partial charge in [-0.15, -0.1) is 4.40 Å². The number of esters is 1. The predicted octanol–water partition coefficient (Wildman–Crippen LogP) is 2.73. The Morgan fingerprint density at radius 1 is 1.19 bits per heavy atom. The summed E-state index contributed by atoms with van der Waals surface area (Å²) in [7, 11) is -2.58. The quantitative estimate of drug-likeness (QED) is 0.628. The van der Waals surface area contributed by atoms with Crippen molar-refractivity contribution in [2.75, 3.05) is 7.11 Å². The Hall–Kier alpha value is -2.45. The number of hydrogen-bond donors (Lipinski definition) is 0. The zero-order valence-corrected chi connectivity index (χ0v) is 16.0. The molecule has 26 heavy (non-hydrogen) atoms. The third-order valence-corrected chi connectivity index (χ3v) is 6.35. The molecule has 0 atom stereocenters. The van der Waals surface area contributed by atoms with Gasteiger partial charge in [-0.1, -0.05) is 42.5 Å². The maximum Gasteiger partial charge on any atom is 0.325 e. The van der Waals surface area contributed by atoms with Crippen molar-refractivity contribution in [3.63, 3.8) is 0 Å². The Morgan fingerprint density at radius 2 is 1.92 bits per heavy atom. The van der Waals surface area contributed by atoms with Crippen LogP contribution in [0.15, 0.2) is 57.8 Å². The number of ether oxygens (including phenoxy) is 1. The van der Waals surface area contributed by atoms with Gasteiger partial charge in [-0.05, 0) is 36.2 Å².